The Kier molecular flexibility index (Phi) is 2.57. The molecule has 0 bridgehead atoms. The lowest BCUT2D eigenvalue weighted by molar-refractivity contribution is -0.138. The van der Waals surface area contributed by atoms with Crippen LogP contribution in [0.3, 0.4) is 0 Å². The number of aryl methyl sites for hydroxylation is 1. The third kappa shape index (κ3) is 2.87. The highest BCUT2D eigenvalue weighted by Crippen LogP contribution is 2.05. The van der Waals surface area contributed by atoms with Crippen LogP contribution < -0.4 is 5.73 Å². The van der Waals surface area contributed by atoms with Crippen LogP contribution in [0, 0.1) is 6.90 Å². The van der Waals surface area contributed by atoms with E-state index in [9.17, 15) is 4.79 Å². The van der Waals surface area contributed by atoms with Crippen LogP contribution in [0.1, 0.15) is 12.5 Å². The second-order valence-corrected chi connectivity index (χ2v) is 2.97. The van der Waals surface area contributed by atoms with Crippen molar-refractivity contribution >= 4 is 5.97 Å². The molecule has 3 heteroatoms. The fourth-order valence-electron chi connectivity index (χ4n) is 1.10. The summed E-state index contributed by atoms with van der Waals surface area (Å²) in [5.74, 6) is -0.999. The van der Waals surface area contributed by atoms with Gasteiger partial charge in [-0.1, -0.05) is 29.8 Å². The van der Waals surface area contributed by atoms with E-state index in [-0.39, 0.29) is 6.90 Å². The van der Waals surface area contributed by atoms with E-state index in [4.69, 9.17) is 12.2 Å². The maximum Gasteiger partial charge on any atom is 0.320 e. The number of carboxylic acids is 1. The Hall–Kier alpha value is -1.35. The van der Waals surface area contributed by atoms with Crippen molar-refractivity contribution < 1.29 is 11.3 Å². The maximum absolute atomic E-state index is 10.5. The van der Waals surface area contributed by atoms with Crippen molar-refractivity contribution in [1.82, 2.24) is 0 Å². The molecule has 1 aromatic carbocycles. The molecule has 0 fully saturated rings. The van der Waals surface area contributed by atoms with Gasteiger partial charge in [-0.25, -0.2) is 0 Å². The Balaban J connectivity index is 2.71. The number of carboxylic acid groups (broad SMARTS) is 1. The predicted octanol–water partition coefficient (Wildman–Crippen LogP) is 0.949. The van der Waals surface area contributed by atoms with Crippen LogP contribution in [0.4, 0.5) is 0 Å². The lowest BCUT2D eigenvalue weighted by atomic mass is 10.0. The van der Waals surface area contributed by atoms with E-state index >= 15 is 0 Å². The number of rotatable bonds is 3. The first-order valence-corrected chi connectivity index (χ1v) is 3.99. The minimum Gasteiger partial charge on any atom is -0.480 e. The van der Waals surface area contributed by atoms with Gasteiger partial charge in [0.1, 0.15) is 6.04 Å². The molecule has 0 heterocycles. The fourth-order valence-corrected chi connectivity index (χ4v) is 1.10. The third-order valence-corrected chi connectivity index (χ3v) is 1.76. The molecule has 0 aliphatic rings. The summed E-state index contributed by atoms with van der Waals surface area (Å²) >= 11 is 0. The van der Waals surface area contributed by atoms with E-state index in [0.717, 1.165) is 11.1 Å². The number of benzene rings is 1. The average molecular weight is 180 g/mol. The number of hydrogen-bond donors (Lipinski definition) is 2. The van der Waals surface area contributed by atoms with Crippen LogP contribution in [0.15, 0.2) is 24.3 Å². The van der Waals surface area contributed by atoms with Gasteiger partial charge in [0.2, 0.25) is 0 Å². The Morgan fingerprint density at radius 3 is 3.15 bits per heavy atom. The minimum absolute atomic E-state index is 0.205. The molecule has 0 aromatic heterocycles. The molecule has 0 aliphatic carbocycles. The first-order valence-electron chi connectivity index (χ1n) is 4.69. The Labute approximate surface area is 78.6 Å². The molecule has 0 aliphatic heterocycles. The van der Waals surface area contributed by atoms with E-state index in [0.29, 0.717) is 6.42 Å². The van der Waals surface area contributed by atoms with Gasteiger partial charge in [0.15, 0.2) is 0 Å². The van der Waals surface area contributed by atoms with Gasteiger partial charge in [0.05, 0.1) is 0 Å². The average Bonchev–Trinajstić information content (AvgIpc) is 2.18. The smallest absolute Gasteiger partial charge is 0.320 e. The Bertz CT molecular complexity index is 328. The molecular formula is C10H13NO2. The number of nitrogens with two attached hydrogens (primary N) is 1. The molecular weight excluding hydrogens is 166 g/mol. The van der Waals surface area contributed by atoms with Crippen LogP contribution in [0.2, 0.25) is 0 Å². The van der Waals surface area contributed by atoms with E-state index in [2.05, 4.69) is 0 Å². The molecule has 70 valence electrons. The topological polar surface area (TPSA) is 63.3 Å². The largest absolute Gasteiger partial charge is 0.480 e. The van der Waals surface area contributed by atoms with Gasteiger partial charge in [0, 0.05) is 1.37 Å². The first kappa shape index (κ1) is 8.26. The van der Waals surface area contributed by atoms with Crippen LogP contribution in [0.25, 0.3) is 0 Å². The van der Waals surface area contributed by atoms with E-state index < -0.39 is 12.0 Å². The van der Waals surface area contributed by atoms with Crippen molar-refractivity contribution in [2.75, 3.05) is 0 Å². The molecule has 0 saturated carbocycles. The van der Waals surface area contributed by atoms with Crippen molar-refractivity contribution in [2.24, 2.45) is 5.73 Å². The predicted molar refractivity (Wildman–Crippen MR) is 50.5 cm³/mol. The van der Waals surface area contributed by atoms with Crippen molar-refractivity contribution in [3.8, 4) is 0 Å². The number of aliphatic carboxylic acids is 1. The van der Waals surface area contributed by atoms with E-state index in [1.165, 1.54) is 0 Å². The third-order valence-electron chi connectivity index (χ3n) is 1.76. The molecule has 0 saturated heterocycles. The highest BCUT2D eigenvalue weighted by atomic mass is 16.4. The number of carbonyl (C=O) groups is 1. The Morgan fingerprint density at radius 2 is 2.54 bits per heavy atom. The molecule has 0 amide bonds. The summed E-state index contributed by atoms with van der Waals surface area (Å²) in [4.78, 5) is 10.5. The second kappa shape index (κ2) is 4.05. The highest BCUT2D eigenvalue weighted by Gasteiger charge is 2.11. The molecule has 1 rings (SSSR count). The van der Waals surface area contributed by atoms with Crippen molar-refractivity contribution in [1.29, 1.82) is 0 Å². The second-order valence-electron chi connectivity index (χ2n) is 2.97. The van der Waals surface area contributed by atoms with Gasteiger partial charge < -0.3 is 10.8 Å². The SMILES string of the molecule is [2H]Cc1cccc(C[C@H](N)C(=O)O)c1. The summed E-state index contributed by atoms with van der Waals surface area (Å²) in [5.41, 5.74) is 7.13. The summed E-state index contributed by atoms with van der Waals surface area (Å²) in [5, 5.41) is 8.61. The summed E-state index contributed by atoms with van der Waals surface area (Å²) < 4.78 is 7.16. The highest BCUT2D eigenvalue weighted by molar-refractivity contribution is 5.73. The van der Waals surface area contributed by atoms with Gasteiger partial charge in [-0.15, -0.1) is 0 Å². The maximum atomic E-state index is 10.5. The van der Waals surface area contributed by atoms with Crippen LogP contribution in [-0.4, -0.2) is 17.1 Å². The summed E-state index contributed by atoms with van der Waals surface area (Å²) in [7, 11) is 0. The van der Waals surface area contributed by atoms with E-state index in [1.54, 1.807) is 0 Å². The summed E-state index contributed by atoms with van der Waals surface area (Å²) in [6.45, 7) is 0.205. The lowest BCUT2D eigenvalue weighted by Crippen LogP contribution is -2.32. The van der Waals surface area contributed by atoms with Crippen molar-refractivity contribution in [2.45, 2.75) is 19.4 Å². The monoisotopic (exact) mass is 180 g/mol. The first-order chi connectivity index (χ1) is 6.63. The minimum atomic E-state index is -0.999. The van der Waals surface area contributed by atoms with Crippen LogP contribution in [0.5, 0.6) is 0 Å². The molecule has 3 N–H and O–H groups in total. The van der Waals surface area contributed by atoms with Gasteiger partial charge in [-0.3, -0.25) is 4.79 Å². The van der Waals surface area contributed by atoms with E-state index in [1.807, 2.05) is 24.3 Å². The summed E-state index contributed by atoms with van der Waals surface area (Å²) in [6.07, 6.45) is 0.309. The standard InChI is InChI=1S/C10H13NO2/c1-7-3-2-4-8(5-7)6-9(11)10(12)13/h2-5,9H,6,11H2,1H3,(H,12,13)/t9-/m0/s1/i1D. The molecule has 0 unspecified atom stereocenters. The van der Waals surface area contributed by atoms with Gasteiger partial charge >= 0.3 is 5.97 Å². The van der Waals surface area contributed by atoms with Gasteiger partial charge in [0.25, 0.3) is 0 Å². The summed E-state index contributed by atoms with van der Waals surface area (Å²) in [6, 6.07) is 6.42. The molecule has 13 heavy (non-hydrogen) atoms. The zero-order valence-corrected chi connectivity index (χ0v) is 7.23. The Morgan fingerprint density at radius 1 is 1.77 bits per heavy atom. The zero-order chi connectivity index (χ0) is 10.6. The lowest BCUT2D eigenvalue weighted by Gasteiger charge is -2.06. The molecule has 1 aromatic rings. The molecule has 0 spiro atoms. The fraction of sp³-hybridized carbons (Fsp3) is 0.300. The molecule has 3 nitrogen and oxygen atoms in total. The number of hydrogen-bond acceptors (Lipinski definition) is 2. The van der Waals surface area contributed by atoms with Gasteiger partial charge in [-0.05, 0) is 18.9 Å². The normalized spacial score (nSPS) is 13.5. The van der Waals surface area contributed by atoms with Gasteiger partial charge in [-0.2, -0.15) is 0 Å². The molecule has 0 radical (unpaired) electrons. The van der Waals surface area contributed by atoms with Crippen LogP contribution >= 0.6 is 0 Å². The molecule has 1 atom stereocenters. The quantitative estimate of drug-likeness (QED) is 0.728. The van der Waals surface area contributed by atoms with Crippen molar-refractivity contribution in [3.63, 3.8) is 0 Å². The zero-order valence-electron chi connectivity index (χ0n) is 8.23. The van der Waals surface area contributed by atoms with Crippen LogP contribution in [-0.2, 0) is 11.2 Å². The van der Waals surface area contributed by atoms with Crippen molar-refractivity contribution in [3.05, 3.63) is 35.4 Å².